The van der Waals surface area contributed by atoms with Crippen molar-refractivity contribution in [1.82, 2.24) is 4.90 Å². The summed E-state index contributed by atoms with van der Waals surface area (Å²) in [7, 11) is 1.17. The van der Waals surface area contributed by atoms with Crippen LogP contribution in [0.2, 0.25) is 0 Å². The molecule has 0 saturated carbocycles. The second-order valence-electron chi connectivity index (χ2n) is 6.94. The van der Waals surface area contributed by atoms with Crippen molar-refractivity contribution >= 4 is 64.0 Å². The average molecular weight is 508 g/mol. The molecule has 1 saturated heterocycles. The van der Waals surface area contributed by atoms with Gasteiger partial charge >= 0.3 is 12.2 Å². The summed E-state index contributed by atoms with van der Waals surface area (Å²) in [5, 5.41) is 2.86. The first-order chi connectivity index (χ1) is 14.8. The number of halogens is 6. The Balaban J connectivity index is 2.07. The van der Waals surface area contributed by atoms with Gasteiger partial charge in [0.05, 0.1) is 11.3 Å². The minimum atomic E-state index is -4.65. The molecule has 1 aliphatic rings. The summed E-state index contributed by atoms with van der Waals surface area (Å²) >= 11 is 18.1. The maximum atomic E-state index is 13.2. The number of alkyl halides is 6. The molecule has 2 aromatic carbocycles. The van der Waals surface area contributed by atoms with Crippen LogP contribution < -0.4 is 10.2 Å². The molecule has 6 nitrogen and oxygen atoms in total. The first-order valence-electron chi connectivity index (χ1n) is 9.06. The molecule has 0 radical (unpaired) electrons. The first-order valence-corrected chi connectivity index (χ1v) is 10.2. The lowest BCUT2D eigenvalue weighted by Crippen LogP contribution is -2.38. The van der Waals surface area contributed by atoms with Crippen molar-refractivity contribution in [1.29, 1.82) is 0 Å². The fourth-order valence-corrected chi connectivity index (χ4v) is 3.17. The SMILES string of the molecule is Cc1ccc(NC(N=C2C(=O)N(C)C(=O)N2c2cccc(C(F)(F)F)c2)C(Cl)(Cl)Cl)cc1. The molecule has 32 heavy (non-hydrogen) atoms. The van der Waals surface area contributed by atoms with Gasteiger partial charge in [0.1, 0.15) is 0 Å². The molecular formula is C20H16Cl3F3N4O2. The van der Waals surface area contributed by atoms with Crippen molar-refractivity contribution in [3.05, 3.63) is 59.7 Å². The molecule has 0 aromatic heterocycles. The molecule has 1 heterocycles. The smallest absolute Gasteiger partial charge is 0.360 e. The van der Waals surface area contributed by atoms with Gasteiger partial charge in [-0.3, -0.25) is 9.69 Å². The van der Waals surface area contributed by atoms with Gasteiger partial charge in [-0.15, -0.1) is 0 Å². The van der Waals surface area contributed by atoms with Crippen LogP contribution in [-0.4, -0.2) is 39.7 Å². The second-order valence-corrected chi connectivity index (χ2v) is 9.31. The molecular weight excluding hydrogens is 492 g/mol. The number of hydrogen-bond acceptors (Lipinski definition) is 4. The minimum absolute atomic E-state index is 0.209. The van der Waals surface area contributed by atoms with Gasteiger partial charge in [0.25, 0.3) is 5.91 Å². The molecule has 3 rings (SSSR count). The molecule has 1 atom stereocenters. The molecule has 1 fully saturated rings. The van der Waals surface area contributed by atoms with Gasteiger partial charge in [0, 0.05) is 12.7 Å². The number of aliphatic imine (C=N–C) groups is 1. The van der Waals surface area contributed by atoms with E-state index in [1.807, 2.05) is 6.92 Å². The highest BCUT2D eigenvalue weighted by atomic mass is 35.6. The zero-order valence-corrected chi connectivity index (χ0v) is 18.9. The predicted molar refractivity (Wildman–Crippen MR) is 118 cm³/mol. The van der Waals surface area contributed by atoms with Crippen molar-refractivity contribution < 1.29 is 22.8 Å². The van der Waals surface area contributed by atoms with E-state index in [1.54, 1.807) is 24.3 Å². The Morgan fingerprint density at radius 1 is 1.03 bits per heavy atom. The summed E-state index contributed by atoms with van der Waals surface area (Å²) in [6.45, 7) is 1.88. The molecule has 2 aromatic rings. The quantitative estimate of drug-likeness (QED) is 0.432. The van der Waals surface area contributed by atoms with E-state index in [0.29, 0.717) is 10.6 Å². The number of carbonyl (C=O) groups excluding carboxylic acids is 2. The molecule has 1 aliphatic heterocycles. The van der Waals surface area contributed by atoms with E-state index in [4.69, 9.17) is 34.8 Å². The lowest BCUT2D eigenvalue weighted by atomic mass is 10.2. The third-order valence-corrected chi connectivity index (χ3v) is 5.15. The highest BCUT2D eigenvalue weighted by Crippen LogP contribution is 2.36. The van der Waals surface area contributed by atoms with Gasteiger partial charge in [-0.1, -0.05) is 58.6 Å². The number of likely N-dealkylation sites (N-methyl/N-ethyl adjacent to an activating group) is 1. The standard InChI is InChI=1S/C20H16Cl3F3N4O2/c1-11-6-8-13(9-7-11)27-17(19(21,22)23)28-15-16(31)29(2)18(32)30(15)14-5-3-4-12(10-14)20(24,25)26/h3-10,17,27H,1-2H3. The topological polar surface area (TPSA) is 65.0 Å². The lowest BCUT2D eigenvalue weighted by Gasteiger charge is -2.25. The molecule has 1 unspecified atom stereocenters. The Kier molecular flexibility index (Phi) is 6.65. The maximum absolute atomic E-state index is 13.2. The third kappa shape index (κ3) is 5.11. The number of rotatable bonds is 4. The number of nitrogens with zero attached hydrogens (tertiary/aromatic N) is 3. The van der Waals surface area contributed by atoms with Crippen LogP contribution in [0.4, 0.5) is 29.3 Å². The Bertz CT molecular complexity index is 1070. The Labute approximate surface area is 196 Å². The second kappa shape index (κ2) is 8.80. The van der Waals surface area contributed by atoms with E-state index in [2.05, 4.69) is 10.3 Å². The molecule has 0 bridgehead atoms. The monoisotopic (exact) mass is 506 g/mol. The van der Waals surface area contributed by atoms with E-state index in [0.717, 1.165) is 28.7 Å². The Hall–Kier alpha value is -2.49. The fraction of sp³-hybridized carbons (Fsp3) is 0.250. The van der Waals surface area contributed by atoms with Gasteiger partial charge < -0.3 is 5.32 Å². The van der Waals surface area contributed by atoms with Crippen molar-refractivity contribution in [2.24, 2.45) is 4.99 Å². The Morgan fingerprint density at radius 2 is 1.66 bits per heavy atom. The maximum Gasteiger partial charge on any atom is 0.416 e. The van der Waals surface area contributed by atoms with Crippen LogP contribution in [0.3, 0.4) is 0 Å². The minimum Gasteiger partial charge on any atom is -0.360 e. The van der Waals surface area contributed by atoms with Crippen LogP contribution in [0, 0.1) is 6.92 Å². The number of amides is 3. The van der Waals surface area contributed by atoms with E-state index >= 15 is 0 Å². The van der Waals surface area contributed by atoms with Crippen molar-refractivity contribution in [3.8, 4) is 0 Å². The average Bonchev–Trinajstić information content (AvgIpc) is 2.91. The van der Waals surface area contributed by atoms with Gasteiger partial charge in [-0.2, -0.15) is 13.2 Å². The number of nitrogens with one attached hydrogen (secondary N) is 1. The fourth-order valence-electron chi connectivity index (χ4n) is 2.86. The summed E-state index contributed by atoms with van der Waals surface area (Å²) < 4.78 is 37.4. The van der Waals surface area contributed by atoms with Gasteiger partial charge in [0.2, 0.25) is 9.63 Å². The third-order valence-electron chi connectivity index (χ3n) is 4.53. The van der Waals surface area contributed by atoms with E-state index in [-0.39, 0.29) is 5.69 Å². The molecule has 1 N–H and O–H groups in total. The Morgan fingerprint density at radius 3 is 2.22 bits per heavy atom. The van der Waals surface area contributed by atoms with Crippen molar-refractivity contribution in [2.45, 2.75) is 23.1 Å². The number of carbonyl (C=O) groups is 2. The largest absolute Gasteiger partial charge is 0.416 e. The zero-order chi connectivity index (χ0) is 23.8. The van der Waals surface area contributed by atoms with Gasteiger partial charge in [-0.25, -0.2) is 14.7 Å². The van der Waals surface area contributed by atoms with E-state index in [1.165, 1.54) is 13.1 Å². The van der Waals surface area contributed by atoms with Crippen LogP contribution in [-0.2, 0) is 11.0 Å². The summed E-state index contributed by atoms with van der Waals surface area (Å²) in [5.41, 5.74) is 0.271. The number of benzene rings is 2. The summed E-state index contributed by atoms with van der Waals surface area (Å²) in [5.74, 6) is -1.36. The molecule has 0 aliphatic carbocycles. The predicted octanol–water partition coefficient (Wildman–Crippen LogP) is 5.62. The van der Waals surface area contributed by atoms with Crippen LogP contribution >= 0.6 is 34.8 Å². The van der Waals surface area contributed by atoms with E-state index in [9.17, 15) is 22.8 Å². The zero-order valence-electron chi connectivity index (χ0n) is 16.6. The van der Waals surface area contributed by atoms with Crippen LogP contribution in [0.1, 0.15) is 11.1 Å². The lowest BCUT2D eigenvalue weighted by molar-refractivity contribution is -0.137. The number of amidine groups is 1. The van der Waals surface area contributed by atoms with Crippen LogP contribution in [0.15, 0.2) is 53.5 Å². The first kappa shape index (κ1) is 24.2. The number of anilines is 2. The molecule has 170 valence electrons. The van der Waals surface area contributed by atoms with Gasteiger partial charge in [0.15, 0.2) is 6.17 Å². The van der Waals surface area contributed by atoms with Crippen LogP contribution in [0.5, 0.6) is 0 Å². The highest BCUT2D eigenvalue weighted by Gasteiger charge is 2.44. The van der Waals surface area contributed by atoms with Crippen molar-refractivity contribution in [2.75, 3.05) is 17.3 Å². The number of hydrogen-bond donors (Lipinski definition) is 1. The summed E-state index contributed by atoms with van der Waals surface area (Å²) in [6.07, 6.45) is -6.00. The summed E-state index contributed by atoms with van der Waals surface area (Å²) in [6, 6.07) is 10.00. The number of urea groups is 1. The molecule has 12 heteroatoms. The molecule has 3 amide bonds. The van der Waals surface area contributed by atoms with Gasteiger partial charge in [-0.05, 0) is 37.3 Å². The number of imide groups is 1. The van der Waals surface area contributed by atoms with E-state index < -0.39 is 39.5 Å². The molecule has 0 spiro atoms. The summed E-state index contributed by atoms with van der Waals surface area (Å²) in [4.78, 5) is 31.0. The van der Waals surface area contributed by atoms with Crippen molar-refractivity contribution in [3.63, 3.8) is 0 Å². The van der Waals surface area contributed by atoms with Crippen LogP contribution in [0.25, 0.3) is 0 Å². The normalized spacial score (nSPS) is 17.3. The highest BCUT2D eigenvalue weighted by molar-refractivity contribution is 6.68. The number of aryl methyl sites for hydroxylation is 1.